The standard InChI is InChI=1S/C7H15N5S/c1-8-6(5-13-3)4-7-9-11-12(2)10-7/h6,8H,4-5H2,1-3H3. The zero-order valence-corrected chi connectivity index (χ0v) is 9.01. The molecule has 1 unspecified atom stereocenters. The van der Waals surface area contributed by atoms with Gasteiger partial charge in [-0.2, -0.15) is 16.6 Å². The van der Waals surface area contributed by atoms with Gasteiger partial charge in [-0.15, -0.1) is 10.2 Å². The number of thioether (sulfide) groups is 1. The van der Waals surface area contributed by atoms with Gasteiger partial charge in [-0.1, -0.05) is 0 Å². The number of aryl methyl sites for hydroxylation is 1. The third-order valence-corrected chi connectivity index (χ3v) is 2.49. The highest BCUT2D eigenvalue weighted by Gasteiger charge is 2.09. The summed E-state index contributed by atoms with van der Waals surface area (Å²) in [6, 6.07) is 0.430. The number of hydrogen-bond donors (Lipinski definition) is 1. The highest BCUT2D eigenvalue weighted by Crippen LogP contribution is 2.01. The second-order valence-electron chi connectivity index (χ2n) is 2.84. The maximum Gasteiger partial charge on any atom is 0.176 e. The predicted octanol–water partition coefficient (Wildman–Crippen LogP) is -0.296. The van der Waals surface area contributed by atoms with Crippen LogP contribution in [0.25, 0.3) is 0 Å². The molecular formula is C7H15N5S. The Balaban J connectivity index is 2.46. The second kappa shape index (κ2) is 5.18. The first kappa shape index (κ1) is 10.5. The molecule has 0 aliphatic heterocycles. The molecule has 0 aliphatic carbocycles. The van der Waals surface area contributed by atoms with Gasteiger partial charge in [0, 0.05) is 18.2 Å². The van der Waals surface area contributed by atoms with Crippen LogP contribution in [-0.2, 0) is 13.5 Å². The fourth-order valence-corrected chi connectivity index (χ4v) is 1.76. The zero-order chi connectivity index (χ0) is 9.68. The van der Waals surface area contributed by atoms with Gasteiger partial charge < -0.3 is 5.32 Å². The van der Waals surface area contributed by atoms with Crippen molar-refractivity contribution in [2.75, 3.05) is 19.1 Å². The lowest BCUT2D eigenvalue weighted by Crippen LogP contribution is -2.30. The van der Waals surface area contributed by atoms with Gasteiger partial charge in [0.15, 0.2) is 5.82 Å². The van der Waals surface area contributed by atoms with Crippen LogP contribution < -0.4 is 5.32 Å². The maximum absolute atomic E-state index is 4.13. The quantitative estimate of drug-likeness (QED) is 0.709. The van der Waals surface area contributed by atoms with Crippen molar-refractivity contribution in [1.82, 2.24) is 25.5 Å². The van der Waals surface area contributed by atoms with E-state index in [4.69, 9.17) is 0 Å². The molecule has 0 amide bonds. The largest absolute Gasteiger partial charge is 0.316 e. The van der Waals surface area contributed by atoms with Crippen LogP contribution in [0.3, 0.4) is 0 Å². The maximum atomic E-state index is 4.13. The minimum absolute atomic E-state index is 0.430. The summed E-state index contributed by atoms with van der Waals surface area (Å²) in [5.74, 6) is 1.87. The first-order valence-corrected chi connectivity index (χ1v) is 5.54. The lowest BCUT2D eigenvalue weighted by Gasteiger charge is -2.11. The third kappa shape index (κ3) is 3.31. The first-order chi connectivity index (χ1) is 6.26. The third-order valence-electron chi connectivity index (χ3n) is 1.75. The van der Waals surface area contributed by atoms with Gasteiger partial charge >= 0.3 is 0 Å². The van der Waals surface area contributed by atoms with E-state index in [2.05, 4.69) is 27.0 Å². The highest BCUT2D eigenvalue weighted by atomic mass is 32.2. The molecule has 1 heterocycles. The van der Waals surface area contributed by atoms with Gasteiger partial charge in [-0.25, -0.2) is 0 Å². The summed E-state index contributed by atoms with van der Waals surface area (Å²) in [6.45, 7) is 0. The summed E-state index contributed by atoms with van der Waals surface area (Å²) < 4.78 is 0. The molecule has 1 atom stereocenters. The summed E-state index contributed by atoms with van der Waals surface area (Å²) in [5.41, 5.74) is 0. The summed E-state index contributed by atoms with van der Waals surface area (Å²) in [5, 5.41) is 15.1. The van der Waals surface area contributed by atoms with Crippen LogP contribution in [0.1, 0.15) is 5.82 Å². The van der Waals surface area contributed by atoms with Crippen molar-refractivity contribution >= 4 is 11.8 Å². The Labute approximate surface area is 82.3 Å². The van der Waals surface area contributed by atoms with Crippen LogP contribution in [0.5, 0.6) is 0 Å². The van der Waals surface area contributed by atoms with Gasteiger partial charge in [-0.3, -0.25) is 0 Å². The fourth-order valence-electron chi connectivity index (χ4n) is 1.07. The monoisotopic (exact) mass is 201 g/mol. The van der Waals surface area contributed by atoms with Crippen LogP contribution in [0.2, 0.25) is 0 Å². The number of likely N-dealkylation sites (N-methyl/N-ethyl adjacent to an activating group) is 1. The summed E-state index contributed by atoms with van der Waals surface area (Å²) in [4.78, 5) is 1.49. The molecule has 0 spiro atoms. The molecule has 1 aromatic heterocycles. The van der Waals surface area contributed by atoms with E-state index in [1.54, 1.807) is 7.05 Å². The Morgan fingerprint density at radius 1 is 1.62 bits per heavy atom. The van der Waals surface area contributed by atoms with Crippen molar-refractivity contribution in [3.8, 4) is 0 Å². The number of nitrogens with zero attached hydrogens (tertiary/aromatic N) is 4. The SMILES string of the molecule is CNC(CSC)Cc1nnn(C)n1. The van der Waals surface area contributed by atoms with E-state index in [1.807, 2.05) is 18.8 Å². The van der Waals surface area contributed by atoms with E-state index >= 15 is 0 Å². The molecule has 0 aliphatic rings. The molecule has 5 nitrogen and oxygen atoms in total. The highest BCUT2D eigenvalue weighted by molar-refractivity contribution is 7.98. The van der Waals surface area contributed by atoms with Gasteiger partial charge in [0.2, 0.25) is 0 Å². The van der Waals surface area contributed by atoms with Crippen molar-refractivity contribution in [2.24, 2.45) is 7.05 Å². The average molecular weight is 201 g/mol. The van der Waals surface area contributed by atoms with E-state index in [-0.39, 0.29) is 0 Å². The fraction of sp³-hybridized carbons (Fsp3) is 0.857. The smallest absolute Gasteiger partial charge is 0.176 e. The minimum Gasteiger partial charge on any atom is -0.316 e. The lowest BCUT2D eigenvalue weighted by molar-refractivity contribution is 0.591. The van der Waals surface area contributed by atoms with Crippen LogP contribution in [-0.4, -0.2) is 45.3 Å². The van der Waals surface area contributed by atoms with Gasteiger partial charge in [0.05, 0.1) is 7.05 Å². The van der Waals surface area contributed by atoms with Gasteiger partial charge in [-0.05, 0) is 18.5 Å². The van der Waals surface area contributed by atoms with Gasteiger partial charge in [0.1, 0.15) is 0 Å². The molecule has 1 N–H and O–H groups in total. The van der Waals surface area contributed by atoms with E-state index in [0.717, 1.165) is 18.0 Å². The zero-order valence-electron chi connectivity index (χ0n) is 8.19. The first-order valence-electron chi connectivity index (χ1n) is 4.15. The number of hydrogen-bond acceptors (Lipinski definition) is 5. The summed E-state index contributed by atoms with van der Waals surface area (Å²) >= 11 is 1.82. The molecule has 1 rings (SSSR count). The topological polar surface area (TPSA) is 55.6 Å². The molecule has 13 heavy (non-hydrogen) atoms. The predicted molar refractivity (Wildman–Crippen MR) is 53.7 cm³/mol. The van der Waals surface area contributed by atoms with Crippen molar-refractivity contribution in [1.29, 1.82) is 0 Å². The van der Waals surface area contributed by atoms with E-state index in [0.29, 0.717) is 6.04 Å². The van der Waals surface area contributed by atoms with E-state index < -0.39 is 0 Å². The number of rotatable bonds is 5. The number of aromatic nitrogens is 4. The van der Waals surface area contributed by atoms with Crippen molar-refractivity contribution < 1.29 is 0 Å². The van der Waals surface area contributed by atoms with Crippen molar-refractivity contribution in [2.45, 2.75) is 12.5 Å². The minimum atomic E-state index is 0.430. The number of tetrazole rings is 1. The summed E-state index contributed by atoms with van der Waals surface area (Å²) in [6.07, 6.45) is 2.93. The molecule has 1 aromatic rings. The molecule has 74 valence electrons. The normalized spacial score (nSPS) is 13.2. The van der Waals surface area contributed by atoms with Crippen LogP contribution in [0.15, 0.2) is 0 Å². The Bertz CT molecular complexity index is 249. The molecule has 0 saturated carbocycles. The van der Waals surface area contributed by atoms with Crippen LogP contribution in [0.4, 0.5) is 0 Å². The Hall–Kier alpha value is -0.620. The molecule has 0 saturated heterocycles. The van der Waals surface area contributed by atoms with E-state index in [9.17, 15) is 0 Å². The molecule has 0 fully saturated rings. The Kier molecular flexibility index (Phi) is 4.17. The van der Waals surface area contributed by atoms with E-state index in [1.165, 1.54) is 4.80 Å². The number of nitrogens with one attached hydrogen (secondary N) is 1. The molecular weight excluding hydrogens is 186 g/mol. The molecule has 0 bridgehead atoms. The second-order valence-corrected chi connectivity index (χ2v) is 3.75. The van der Waals surface area contributed by atoms with Crippen molar-refractivity contribution in [3.05, 3.63) is 5.82 Å². The average Bonchev–Trinajstić information content (AvgIpc) is 2.50. The van der Waals surface area contributed by atoms with Crippen LogP contribution in [0, 0.1) is 0 Å². The molecule has 0 aromatic carbocycles. The molecule has 0 radical (unpaired) electrons. The Morgan fingerprint density at radius 2 is 2.38 bits per heavy atom. The lowest BCUT2D eigenvalue weighted by atomic mass is 10.2. The van der Waals surface area contributed by atoms with Crippen LogP contribution >= 0.6 is 11.8 Å². The summed E-state index contributed by atoms with van der Waals surface area (Å²) in [7, 11) is 3.73. The van der Waals surface area contributed by atoms with Crippen molar-refractivity contribution in [3.63, 3.8) is 0 Å². The Morgan fingerprint density at radius 3 is 2.85 bits per heavy atom. The van der Waals surface area contributed by atoms with Gasteiger partial charge in [0.25, 0.3) is 0 Å². The molecule has 6 heteroatoms.